The van der Waals surface area contributed by atoms with Gasteiger partial charge in [0.2, 0.25) is 0 Å². The molecule has 1 rings (SSSR count). The fourth-order valence-corrected chi connectivity index (χ4v) is 1.26. The number of rotatable bonds is 4. The van der Waals surface area contributed by atoms with Gasteiger partial charge in [0, 0.05) is 22.7 Å². The van der Waals surface area contributed by atoms with Crippen LogP contribution in [0.5, 0.6) is 0 Å². The molecule has 84 valence electrons. The van der Waals surface area contributed by atoms with Crippen molar-refractivity contribution in [1.29, 1.82) is 0 Å². The highest BCUT2D eigenvalue weighted by molar-refractivity contribution is 9.10. The summed E-state index contributed by atoms with van der Waals surface area (Å²) in [6.07, 6.45) is 1.41. The smallest absolute Gasteiger partial charge is 0.332 e. The van der Waals surface area contributed by atoms with Crippen molar-refractivity contribution < 1.29 is 9.59 Å². The normalized spacial score (nSPS) is 10.3. The molecule has 0 fully saturated rings. The number of hydrogen-bond acceptors (Lipinski definition) is 3. The van der Waals surface area contributed by atoms with Crippen LogP contribution in [0, 0.1) is 0 Å². The number of benzene rings is 1. The number of carbonyl (C=O) groups is 2. The zero-order valence-electron chi connectivity index (χ0n) is 8.31. The quantitative estimate of drug-likeness (QED) is 0.500. The number of hydrazone groups is 1. The first-order valence-electron chi connectivity index (χ1n) is 4.45. The third kappa shape index (κ3) is 4.22. The monoisotopic (exact) mass is 283 g/mol. The second kappa shape index (κ2) is 6.02. The Morgan fingerprint density at radius 1 is 1.38 bits per heavy atom. The molecule has 2 amide bonds. The molecule has 5 nitrogen and oxygen atoms in total. The fraction of sp³-hybridized carbons (Fsp3) is 0.100. The summed E-state index contributed by atoms with van der Waals surface area (Å²) in [5.41, 5.74) is 7.38. The molecule has 0 aliphatic rings. The molecule has 0 atom stereocenters. The highest BCUT2D eigenvalue weighted by atomic mass is 79.9. The lowest BCUT2D eigenvalue weighted by Gasteiger charge is -1.97. The standard InChI is InChI=1S/C10H10BrN3O2/c11-8-3-1-7(2-4-8)9(15)5-6-13-14-10(12)16/h1-4,6H,5H2,(H3,12,14,16)/b13-6-. The molecule has 0 saturated heterocycles. The molecule has 0 saturated carbocycles. The summed E-state index contributed by atoms with van der Waals surface area (Å²) < 4.78 is 0.910. The Morgan fingerprint density at radius 3 is 2.56 bits per heavy atom. The second-order valence-corrected chi connectivity index (χ2v) is 3.84. The molecule has 0 heterocycles. The SMILES string of the molecule is NC(=O)N/N=C\CC(=O)c1ccc(Br)cc1. The Kier molecular flexibility index (Phi) is 4.65. The summed E-state index contributed by atoms with van der Waals surface area (Å²) in [4.78, 5) is 21.8. The summed E-state index contributed by atoms with van der Waals surface area (Å²) >= 11 is 3.28. The third-order valence-corrected chi connectivity index (χ3v) is 2.24. The lowest BCUT2D eigenvalue weighted by molar-refractivity contribution is 0.100. The molecular weight excluding hydrogens is 274 g/mol. The summed E-state index contributed by atoms with van der Waals surface area (Å²) in [5.74, 6) is -0.0810. The van der Waals surface area contributed by atoms with Gasteiger partial charge in [0.25, 0.3) is 0 Å². The maximum Gasteiger partial charge on any atom is 0.332 e. The molecular formula is C10H10BrN3O2. The van der Waals surface area contributed by atoms with Gasteiger partial charge in [-0.15, -0.1) is 0 Å². The van der Waals surface area contributed by atoms with E-state index >= 15 is 0 Å². The first-order valence-corrected chi connectivity index (χ1v) is 5.24. The fourth-order valence-electron chi connectivity index (χ4n) is 0.991. The Labute approximate surface area is 101 Å². The van der Waals surface area contributed by atoms with Crippen molar-refractivity contribution in [2.45, 2.75) is 6.42 Å². The van der Waals surface area contributed by atoms with E-state index in [0.717, 1.165) is 4.47 Å². The number of halogens is 1. The van der Waals surface area contributed by atoms with Crippen molar-refractivity contribution in [2.24, 2.45) is 10.8 Å². The van der Waals surface area contributed by atoms with E-state index in [1.165, 1.54) is 6.21 Å². The Bertz CT molecular complexity index is 415. The van der Waals surface area contributed by atoms with Crippen molar-refractivity contribution in [1.82, 2.24) is 5.43 Å². The zero-order chi connectivity index (χ0) is 12.0. The van der Waals surface area contributed by atoms with E-state index in [9.17, 15) is 9.59 Å². The second-order valence-electron chi connectivity index (χ2n) is 2.92. The van der Waals surface area contributed by atoms with Crippen LogP contribution in [0.25, 0.3) is 0 Å². The van der Waals surface area contributed by atoms with Crippen molar-refractivity contribution >= 4 is 34.0 Å². The van der Waals surface area contributed by atoms with Gasteiger partial charge in [0.1, 0.15) is 0 Å². The van der Waals surface area contributed by atoms with Crippen molar-refractivity contribution in [2.75, 3.05) is 0 Å². The molecule has 0 spiro atoms. The Hall–Kier alpha value is -1.69. The van der Waals surface area contributed by atoms with Crippen LogP contribution in [0.1, 0.15) is 16.8 Å². The van der Waals surface area contributed by atoms with Gasteiger partial charge in [-0.25, -0.2) is 10.2 Å². The number of Topliss-reactive ketones (excluding diaryl/α,β-unsaturated/α-hetero) is 1. The molecule has 0 aliphatic carbocycles. The molecule has 3 N–H and O–H groups in total. The molecule has 0 aromatic heterocycles. The van der Waals surface area contributed by atoms with E-state index in [4.69, 9.17) is 5.73 Å². The molecule has 1 aromatic rings. The summed E-state index contributed by atoms with van der Waals surface area (Å²) in [6.45, 7) is 0. The molecule has 0 aliphatic heterocycles. The van der Waals surface area contributed by atoms with Gasteiger partial charge in [0.15, 0.2) is 5.78 Å². The van der Waals surface area contributed by atoms with Crippen LogP contribution >= 0.6 is 15.9 Å². The third-order valence-electron chi connectivity index (χ3n) is 1.71. The molecule has 0 bridgehead atoms. The zero-order valence-corrected chi connectivity index (χ0v) is 9.90. The van der Waals surface area contributed by atoms with Crippen LogP contribution < -0.4 is 11.2 Å². The number of urea groups is 1. The Morgan fingerprint density at radius 2 is 2.00 bits per heavy atom. The van der Waals surface area contributed by atoms with Crippen LogP contribution in [0.4, 0.5) is 4.79 Å². The summed E-state index contributed by atoms with van der Waals surface area (Å²) in [6, 6.07) is 6.23. The van der Waals surface area contributed by atoms with Gasteiger partial charge >= 0.3 is 6.03 Å². The largest absolute Gasteiger partial charge is 0.350 e. The van der Waals surface area contributed by atoms with Crippen LogP contribution in [0.2, 0.25) is 0 Å². The first kappa shape index (κ1) is 12.4. The van der Waals surface area contributed by atoms with Gasteiger partial charge in [0.05, 0.1) is 0 Å². The molecule has 16 heavy (non-hydrogen) atoms. The van der Waals surface area contributed by atoms with E-state index in [0.29, 0.717) is 5.56 Å². The van der Waals surface area contributed by atoms with E-state index in [1.54, 1.807) is 24.3 Å². The number of hydrogen-bond donors (Lipinski definition) is 2. The number of nitrogens with one attached hydrogen (secondary N) is 1. The average Bonchev–Trinajstić information content (AvgIpc) is 2.25. The van der Waals surface area contributed by atoms with E-state index in [2.05, 4.69) is 21.0 Å². The lowest BCUT2D eigenvalue weighted by atomic mass is 10.1. The van der Waals surface area contributed by atoms with Crippen molar-refractivity contribution in [3.05, 3.63) is 34.3 Å². The highest BCUT2D eigenvalue weighted by Crippen LogP contribution is 2.11. The highest BCUT2D eigenvalue weighted by Gasteiger charge is 2.03. The van der Waals surface area contributed by atoms with Gasteiger partial charge in [-0.05, 0) is 12.1 Å². The van der Waals surface area contributed by atoms with Crippen molar-refractivity contribution in [3.63, 3.8) is 0 Å². The van der Waals surface area contributed by atoms with E-state index in [-0.39, 0.29) is 12.2 Å². The number of amides is 2. The minimum absolute atomic E-state index is 0.0810. The lowest BCUT2D eigenvalue weighted by Crippen LogP contribution is -2.24. The van der Waals surface area contributed by atoms with Crippen LogP contribution in [-0.2, 0) is 0 Å². The maximum atomic E-state index is 11.6. The predicted octanol–water partition coefficient (Wildman–Crippen LogP) is 1.68. The molecule has 0 radical (unpaired) electrons. The van der Waals surface area contributed by atoms with Gasteiger partial charge in [-0.3, -0.25) is 4.79 Å². The molecule has 1 aromatic carbocycles. The van der Waals surface area contributed by atoms with Gasteiger partial charge < -0.3 is 5.73 Å². The summed E-state index contributed by atoms with van der Waals surface area (Å²) in [7, 11) is 0. The number of ketones is 1. The molecule has 6 heteroatoms. The number of nitrogens with two attached hydrogens (primary N) is 1. The summed E-state index contributed by atoms with van der Waals surface area (Å²) in [5, 5.41) is 3.47. The Balaban J connectivity index is 2.50. The van der Waals surface area contributed by atoms with Gasteiger partial charge in [-0.1, -0.05) is 28.1 Å². The van der Waals surface area contributed by atoms with Crippen LogP contribution in [0.3, 0.4) is 0 Å². The maximum absolute atomic E-state index is 11.6. The minimum Gasteiger partial charge on any atom is -0.350 e. The number of nitrogens with zero attached hydrogens (tertiary/aromatic N) is 1. The average molecular weight is 284 g/mol. The van der Waals surface area contributed by atoms with Crippen molar-refractivity contribution in [3.8, 4) is 0 Å². The number of carbonyl (C=O) groups excluding carboxylic acids is 2. The topological polar surface area (TPSA) is 84.6 Å². The molecule has 0 unspecified atom stereocenters. The first-order chi connectivity index (χ1) is 7.59. The van der Waals surface area contributed by atoms with E-state index < -0.39 is 6.03 Å². The van der Waals surface area contributed by atoms with Gasteiger partial charge in [-0.2, -0.15) is 5.10 Å². The minimum atomic E-state index is -0.757. The van der Waals surface area contributed by atoms with Crippen LogP contribution in [-0.4, -0.2) is 18.0 Å². The predicted molar refractivity (Wildman–Crippen MR) is 64.3 cm³/mol. The van der Waals surface area contributed by atoms with E-state index in [1.807, 2.05) is 5.43 Å². The van der Waals surface area contributed by atoms with Crippen LogP contribution in [0.15, 0.2) is 33.8 Å². The number of primary amides is 1.